The van der Waals surface area contributed by atoms with Gasteiger partial charge in [0.1, 0.15) is 41.8 Å². The molecule has 0 aliphatic carbocycles. The summed E-state index contributed by atoms with van der Waals surface area (Å²) in [6.45, 7) is 12.5. The predicted molar refractivity (Wildman–Crippen MR) is 194 cm³/mol. The van der Waals surface area contributed by atoms with Crippen molar-refractivity contribution in [3.05, 3.63) is 102 Å². The van der Waals surface area contributed by atoms with Gasteiger partial charge < -0.3 is 24.4 Å². The zero-order valence-corrected chi connectivity index (χ0v) is 30.6. The topological polar surface area (TPSA) is 112 Å². The molecule has 0 fully saturated rings. The molecule has 0 saturated carbocycles. The first-order chi connectivity index (χ1) is 23.6. The van der Waals surface area contributed by atoms with Crippen LogP contribution in [-0.4, -0.2) is 58.4 Å². The van der Waals surface area contributed by atoms with E-state index in [4.69, 9.17) is 14.2 Å². The molecule has 0 radical (unpaired) electrons. The number of nitrogens with zero attached hydrogens (tertiary/aromatic N) is 5. The van der Waals surface area contributed by atoms with Crippen LogP contribution in [0.3, 0.4) is 0 Å². The Kier molecular flexibility index (Phi) is 12.8. The summed E-state index contributed by atoms with van der Waals surface area (Å²) in [6.07, 6.45) is 10.8. The summed E-state index contributed by atoms with van der Waals surface area (Å²) in [7, 11) is 4.08. The van der Waals surface area contributed by atoms with Crippen molar-refractivity contribution in [3.8, 4) is 5.75 Å². The number of aromatic nitrogens is 4. The van der Waals surface area contributed by atoms with Gasteiger partial charge in [-0.2, -0.15) is 0 Å². The Morgan fingerprint density at radius 1 is 0.880 bits per heavy atom. The summed E-state index contributed by atoms with van der Waals surface area (Å²) in [5.41, 5.74) is 3.65. The summed E-state index contributed by atoms with van der Waals surface area (Å²) < 4.78 is 20.8. The van der Waals surface area contributed by atoms with Crippen molar-refractivity contribution in [1.29, 1.82) is 0 Å². The monoisotopic (exact) mass is 683 g/mol. The van der Waals surface area contributed by atoms with Crippen LogP contribution >= 0.6 is 0 Å². The number of amides is 1. The van der Waals surface area contributed by atoms with E-state index in [1.807, 2.05) is 49.2 Å². The summed E-state index contributed by atoms with van der Waals surface area (Å²) >= 11 is 0. The van der Waals surface area contributed by atoms with Crippen LogP contribution < -0.4 is 19.5 Å². The average Bonchev–Trinajstić information content (AvgIpc) is 3.50. The van der Waals surface area contributed by atoms with Crippen LogP contribution in [0, 0.1) is 0 Å². The highest BCUT2D eigenvalue weighted by Crippen LogP contribution is 2.18. The van der Waals surface area contributed by atoms with E-state index in [1.54, 1.807) is 41.5 Å². The normalized spacial score (nSPS) is 12.4. The fourth-order valence-corrected chi connectivity index (χ4v) is 4.87. The third kappa shape index (κ3) is 13.0. The number of alkyl carbamates (subject to hydrolysis) is 1. The highest BCUT2D eigenvalue weighted by molar-refractivity contribution is 5.82. The Hall–Kier alpha value is -5.19. The Morgan fingerprint density at radius 3 is 2.10 bits per heavy atom. The largest absolute Gasteiger partial charge is 0.487 e. The number of esters is 1. The van der Waals surface area contributed by atoms with Gasteiger partial charge in [-0.3, -0.25) is 4.68 Å². The van der Waals surface area contributed by atoms with Gasteiger partial charge >= 0.3 is 12.1 Å². The van der Waals surface area contributed by atoms with E-state index < -0.39 is 29.3 Å². The van der Waals surface area contributed by atoms with Crippen molar-refractivity contribution >= 4 is 29.9 Å². The van der Waals surface area contributed by atoms with Crippen LogP contribution in [0.1, 0.15) is 70.3 Å². The molecule has 0 spiro atoms. The maximum absolute atomic E-state index is 12.9. The van der Waals surface area contributed by atoms with Crippen molar-refractivity contribution in [2.24, 2.45) is 0 Å². The van der Waals surface area contributed by atoms with E-state index >= 15 is 0 Å². The maximum Gasteiger partial charge on any atom is 0.408 e. The van der Waals surface area contributed by atoms with Crippen molar-refractivity contribution in [2.45, 2.75) is 91.3 Å². The highest BCUT2D eigenvalue weighted by atomic mass is 16.6. The van der Waals surface area contributed by atoms with Crippen molar-refractivity contribution < 1.29 is 28.4 Å². The zero-order chi connectivity index (χ0) is 36.3. The molecule has 1 amide bonds. The fourth-order valence-electron chi connectivity index (χ4n) is 4.87. The molecule has 0 saturated heterocycles. The minimum atomic E-state index is -0.914. The molecule has 4 rings (SSSR count). The Morgan fingerprint density at radius 2 is 1.50 bits per heavy atom. The number of carbonyl (C=O) groups is 2. The molecular weight excluding hydrogens is 632 g/mol. The minimum absolute atomic E-state index is 0.231. The molecule has 0 aliphatic heterocycles. The molecular formula is C39H51N6O5+. The molecule has 1 unspecified atom stereocenters. The lowest BCUT2D eigenvalue weighted by atomic mass is 10.1. The van der Waals surface area contributed by atoms with Crippen LogP contribution in [0.4, 0.5) is 10.5 Å². The second-order valence-electron chi connectivity index (χ2n) is 14.4. The van der Waals surface area contributed by atoms with Crippen LogP contribution in [-0.2, 0) is 40.4 Å². The molecule has 11 nitrogen and oxygen atoms in total. The molecule has 2 heterocycles. The molecule has 1 N–H and O–H groups in total. The lowest BCUT2D eigenvalue weighted by Crippen LogP contribution is -2.47. The van der Waals surface area contributed by atoms with Gasteiger partial charge in [0, 0.05) is 51.3 Å². The smallest absolute Gasteiger partial charge is 0.408 e. The van der Waals surface area contributed by atoms with E-state index in [1.165, 1.54) is 11.3 Å². The Labute approximate surface area is 295 Å². The molecule has 0 aliphatic rings. The highest BCUT2D eigenvalue weighted by Gasteiger charge is 2.29. The molecule has 11 heteroatoms. The van der Waals surface area contributed by atoms with E-state index in [9.17, 15) is 9.59 Å². The number of hydrogen-bond acceptors (Lipinski definition) is 8. The fraction of sp³-hybridized carbons (Fsp3) is 0.410. The van der Waals surface area contributed by atoms with E-state index in [0.29, 0.717) is 5.75 Å². The predicted octanol–water partition coefficient (Wildman–Crippen LogP) is 6.25. The first kappa shape index (κ1) is 37.6. The third-order valence-electron chi connectivity index (χ3n) is 7.32. The van der Waals surface area contributed by atoms with Gasteiger partial charge in [0.15, 0.2) is 12.4 Å². The minimum Gasteiger partial charge on any atom is -0.487 e. The summed E-state index contributed by atoms with van der Waals surface area (Å²) in [5, 5.41) is 11.2. The first-order valence-corrected chi connectivity index (χ1v) is 16.9. The molecule has 1 atom stereocenters. The van der Waals surface area contributed by atoms with Crippen molar-refractivity contribution in [3.63, 3.8) is 0 Å². The number of ether oxygens (including phenoxy) is 3. The number of pyridine rings is 1. The molecule has 2 aromatic heterocycles. The second-order valence-corrected chi connectivity index (χ2v) is 14.4. The van der Waals surface area contributed by atoms with Gasteiger partial charge in [-0.25, -0.2) is 14.2 Å². The maximum atomic E-state index is 12.9. The van der Waals surface area contributed by atoms with Gasteiger partial charge in [0.05, 0.1) is 6.20 Å². The number of rotatable bonds is 14. The third-order valence-corrected chi connectivity index (χ3v) is 7.32. The van der Waals surface area contributed by atoms with Crippen LogP contribution in [0.15, 0.2) is 79.3 Å². The molecule has 4 aromatic rings. The van der Waals surface area contributed by atoms with E-state index in [0.717, 1.165) is 36.3 Å². The number of aryl methyl sites for hydroxylation is 2. The van der Waals surface area contributed by atoms with E-state index in [-0.39, 0.29) is 13.0 Å². The lowest BCUT2D eigenvalue weighted by molar-refractivity contribution is -0.697. The molecule has 50 heavy (non-hydrogen) atoms. The number of benzene rings is 2. The standard InChI is InChI=1S/C39H50N6O5/c1-38(2,3)49-36(46)35(40-37(47)50-39(4,5)6)26-31-14-18-34(19-15-31)48-28-32-27-45(42-41-32)23-9-22-44-24-20-30(21-25-44)11-10-29-12-16-33(17-13-29)43(7)8/h10-21,24-25,27,35H,9,22-23,26,28H2,1-8H3/p+1. The number of nitrogens with one attached hydrogen (secondary N) is 1. The SMILES string of the molecule is CN(C)c1ccc(/C=C/c2cc[n+](CCCn3cc(COc4ccc(CC(NC(=O)OC(C)(C)C)C(=O)OC(C)(C)C)cc4)nn3)cc2)cc1. The number of anilines is 1. The molecule has 2 aromatic carbocycles. The number of hydrogen-bond donors (Lipinski definition) is 1. The van der Waals surface area contributed by atoms with Gasteiger partial charge in [-0.1, -0.05) is 41.6 Å². The van der Waals surface area contributed by atoms with Crippen LogP contribution in [0.2, 0.25) is 0 Å². The van der Waals surface area contributed by atoms with Gasteiger partial charge in [-0.05, 0) is 82.5 Å². The molecule has 266 valence electrons. The quantitative estimate of drug-likeness (QED) is 0.123. The van der Waals surface area contributed by atoms with Crippen LogP contribution in [0.25, 0.3) is 12.2 Å². The molecule has 0 bridgehead atoms. The summed E-state index contributed by atoms with van der Waals surface area (Å²) in [6, 6.07) is 19.1. The first-order valence-electron chi connectivity index (χ1n) is 16.9. The van der Waals surface area contributed by atoms with Gasteiger partial charge in [0.25, 0.3) is 0 Å². The van der Waals surface area contributed by atoms with E-state index in [2.05, 4.69) is 86.0 Å². The number of carbonyl (C=O) groups excluding carboxylic acids is 2. The summed E-state index contributed by atoms with van der Waals surface area (Å²) in [4.78, 5) is 27.4. The van der Waals surface area contributed by atoms with Gasteiger partial charge in [0.2, 0.25) is 0 Å². The van der Waals surface area contributed by atoms with Gasteiger partial charge in [-0.15, -0.1) is 5.10 Å². The zero-order valence-electron chi connectivity index (χ0n) is 30.6. The average molecular weight is 684 g/mol. The summed E-state index contributed by atoms with van der Waals surface area (Å²) in [5.74, 6) is 0.114. The lowest BCUT2D eigenvalue weighted by Gasteiger charge is -2.26. The van der Waals surface area contributed by atoms with Crippen LogP contribution in [0.5, 0.6) is 5.75 Å². The van der Waals surface area contributed by atoms with Crippen molar-refractivity contribution in [2.75, 3.05) is 19.0 Å². The Balaban J connectivity index is 1.22. The Bertz CT molecular complexity index is 1700. The van der Waals surface area contributed by atoms with Crippen molar-refractivity contribution in [1.82, 2.24) is 20.3 Å². The second kappa shape index (κ2) is 17.0.